The lowest BCUT2D eigenvalue weighted by Crippen LogP contribution is -2.38. The van der Waals surface area contributed by atoms with Crippen molar-refractivity contribution in [2.75, 3.05) is 0 Å². The molecule has 3 nitrogen and oxygen atoms in total. The van der Waals surface area contributed by atoms with Gasteiger partial charge >= 0.3 is 12.1 Å². The van der Waals surface area contributed by atoms with Crippen molar-refractivity contribution in [2.45, 2.75) is 50.6 Å². The number of aryl methyl sites for hydroxylation is 1. The Hall–Kier alpha value is -1.41. The van der Waals surface area contributed by atoms with Gasteiger partial charge in [0.15, 0.2) is 4.75 Å². The van der Waals surface area contributed by atoms with Crippen LogP contribution in [0, 0.1) is 6.92 Å². The van der Waals surface area contributed by atoms with Gasteiger partial charge in [-0.1, -0.05) is 40.9 Å². The average molecular weight is 525 g/mol. The molecule has 0 N–H and O–H groups in total. The minimum atomic E-state index is -4.64. The molecule has 1 unspecified atom stereocenters. The lowest BCUT2D eigenvalue weighted by Gasteiger charge is -2.30. The summed E-state index contributed by atoms with van der Waals surface area (Å²) in [5, 5.41) is -0.138. The Morgan fingerprint density at radius 3 is 2.19 bits per heavy atom. The molecule has 1 atom stereocenters. The molecule has 32 heavy (non-hydrogen) atoms. The monoisotopic (exact) mass is 523 g/mol. The lowest BCUT2D eigenvalue weighted by atomic mass is 9.89. The fourth-order valence-electron chi connectivity index (χ4n) is 3.25. The van der Waals surface area contributed by atoms with Crippen molar-refractivity contribution in [3.8, 4) is 0 Å². The first-order valence-corrected chi connectivity index (χ1v) is 11.4. The molecule has 172 valence electrons. The number of carbonyl (C=O) groups excluding carboxylic acids is 1. The van der Waals surface area contributed by atoms with Gasteiger partial charge in [-0.2, -0.15) is 13.2 Å². The standard InChI is InChI=1S/C22H19Cl3F3NO2S/c1-11-7-12(5-6-14(11)19(30)31-20(2,3)4)17-10-21(32-29-17,22(26,27)28)13-8-15(23)18(25)16(24)9-13/h5-9H,10H2,1-4H3. The number of halogens is 6. The summed E-state index contributed by atoms with van der Waals surface area (Å²) in [6, 6.07) is 7.08. The number of hydrogen-bond acceptors (Lipinski definition) is 4. The molecule has 0 fully saturated rings. The van der Waals surface area contributed by atoms with Gasteiger partial charge in [0.1, 0.15) is 5.60 Å². The zero-order valence-corrected chi connectivity index (χ0v) is 20.6. The Kier molecular flexibility index (Phi) is 6.89. The number of rotatable bonds is 3. The number of nitrogens with zero attached hydrogens (tertiary/aromatic N) is 1. The molecule has 0 spiro atoms. The second-order valence-corrected chi connectivity index (χ2v) is 10.7. The van der Waals surface area contributed by atoms with E-state index >= 15 is 0 Å². The van der Waals surface area contributed by atoms with Crippen LogP contribution in [0.5, 0.6) is 0 Å². The molecule has 0 aromatic heterocycles. The van der Waals surface area contributed by atoms with E-state index in [9.17, 15) is 18.0 Å². The van der Waals surface area contributed by atoms with E-state index < -0.39 is 28.9 Å². The molecule has 1 aliphatic heterocycles. The van der Waals surface area contributed by atoms with Crippen LogP contribution in [0.25, 0.3) is 0 Å². The highest BCUT2D eigenvalue weighted by atomic mass is 35.5. The van der Waals surface area contributed by atoms with Crippen molar-refractivity contribution >= 4 is 58.4 Å². The van der Waals surface area contributed by atoms with Crippen molar-refractivity contribution in [1.82, 2.24) is 0 Å². The zero-order chi connectivity index (χ0) is 24.1. The Bertz CT molecular complexity index is 1090. The SMILES string of the molecule is Cc1cc(C2=NSC(c3cc(Cl)c(Cl)c(Cl)c3)(C(F)(F)F)C2)ccc1C(=O)OC(C)(C)C. The normalized spacial score (nSPS) is 19.1. The minimum Gasteiger partial charge on any atom is -0.456 e. The average Bonchev–Trinajstić information content (AvgIpc) is 3.11. The molecule has 1 heterocycles. The van der Waals surface area contributed by atoms with Gasteiger partial charge in [-0.25, -0.2) is 9.19 Å². The van der Waals surface area contributed by atoms with Crippen LogP contribution >= 0.6 is 46.8 Å². The molecular formula is C22H19Cl3F3NO2S. The predicted octanol–water partition coefficient (Wildman–Crippen LogP) is 8.21. The predicted molar refractivity (Wildman–Crippen MR) is 124 cm³/mol. The van der Waals surface area contributed by atoms with Crippen LogP contribution in [0.2, 0.25) is 15.1 Å². The van der Waals surface area contributed by atoms with Crippen molar-refractivity contribution in [3.63, 3.8) is 0 Å². The maximum atomic E-state index is 14.3. The molecule has 1 aliphatic rings. The Morgan fingerprint density at radius 1 is 1.09 bits per heavy atom. The van der Waals surface area contributed by atoms with Crippen molar-refractivity contribution in [3.05, 3.63) is 67.7 Å². The van der Waals surface area contributed by atoms with E-state index in [-0.39, 0.29) is 26.3 Å². The lowest BCUT2D eigenvalue weighted by molar-refractivity contribution is -0.159. The Balaban J connectivity index is 1.96. The number of benzene rings is 2. The molecule has 0 saturated carbocycles. The first-order chi connectivity index (χ1) is 14.6. The van der Waals surface area contributed by atoms with Crippen LogP contribution in [-0.2, 0) is 9.48 Å². The molecule has 0 bridgehead atoms. The molecule has 0 saturated heterocycles. The van der Waals surface area contributed by atoms with Gasteiger partial charge in [-0.3, -0.25) is 0 Å². The fraction of sp³-hybridized carbons (Fsp3) is 0.364. The highest BCUT2D eigenvalue weighted by molar-refractivity contribution is 7.99. The van der Waals surface area contributed by atoms with Gasteiger partial charge in [-0.05, 0) is 80.6 Å². The summed E-state index contributed by atoms with van der Waals surface area (Å²) >= 11 is 18.3. The van der Waals surface area contributed by atoms with E-state index in [2.05, 4.69) is 4.40 Å². The number of carbonyl (C=O) groups is 1. The minimum absolute atomic E-state index is 0.00750. The highest BCUT2D eigenvalue weighted by Gasteiger charge is 2.60. The molecule has 3 rings (SSSR count). The molecule has 0 amide bonds. The zero-order valence-electron chi connectivity index (χ0n) is 17.5. The summed E-state index contributed by atoms with van der Waals surface area (Å²) in [4.78, 5) is 12.4. The second-order valence-electron chi connectivity index (χ2n) is 8.42. The van der Waals surface area contributed by atoms with E-state index in [0.717, 1.165) is 0 Å². The molecular weight excluding hydrogens is 506 g/mol. The third kappa shape index (κ3) is 4.91. The van der Waals surface area contributed by atoms with Gasteiger partial charge in [0, 0.05) is 6.42 Å². The maximum absolute atomic E-state index is 14.3. The smallest absolute Gasteiger partial charge is 0.409 e. The summed E-state index contributed by atoms with van der Waals surface area (Å²) in [7, 11) is 0. The van der Waals surface area contributed by atoms with Crippen molar-refractivity contribution in [2.24, 2.45) is 4.40 Å². The quantitative estimate of drug-likeness (QED) is 0.231. The van der Waals surface area contributed by atoms with Crippen LogP contribution in [0.1, 0.15) is 54.2 Å². The van der Waals surface area contributed by atoms with E-state index in [4.69, 9.17) is 39.5 Å². The van der Waals surface area contributed by atoms with Crippen LogP contribution in [0.4, 0.5) is 13.2 Å². The second kappa shape index (κ2) is 8.75. The topological polar surface area (TPSA) is 38.7 Å². The van der Waals surface area contributed by atoms with Crippen LogP contribution in [-0.4, -0.2) is 23.5 Å². The van der Waals surface area contributed by atoms with Gasteiger partial charge in [0.2, 0.25) is 0 Å². The van der Waals surface area contributed by atoms with E-state index in [0.29, 0.717) is 28.6 Å². The van der Waals surface area contributed by atoms with E-state index in [1.54, 1.807) is 39.8 Å². The first-order valence-electron chi connectivity index (χ1n) is 9.46. The largest absolute Gasteiger partial charge is 0.456 e. The highest BCUT2D eigenvalue weighted by Crippen LogP contribution is 2.57. The summed E-state index contributed by atoms with van der Waals surface area (Å²) in [5.41, 5.74) is 0.852. The van der Waals surface area contributed by atoms with Crippen molar-refractivity contribution < 1.29 is 22.7 Å². The summed E-state index contributed by atoms with van der Waals surface area (Å²) < 4.78 is 50.0. The Morgan fingerprint density at radius 2 is 1.69 bits per heavy atom. The number of alkyl halides is 3. The molecule has 2 aromatic rings. The van der Waals surface area contributed by atoms with Crippen molar-refractivity contribution in [1.29, 1.82) is 0 Å². The Labute approximate surface area is 203 Å². The molecule has 0 aliphatic carbocycles. The summed E-state index contributed by atoms with van der Waals surface area (Å²) in [6.07, 6.45) is -5.07. The van der Waals surface area contributed by atoms with Crippen LogP contribution in [0.3, 0.4) is 0 Å². The third-order valence-corrected chi connectivity index (χ3v) is 7.25. The van der Waals surface area contributed by atoms with Gasteiger partial charge < -0.3 is 4.74 Å². The number of ether oxygens (including phenoxy) is 1. The number of esters is 1. The van der Waals surface area contributed by atoms with E-state index in [1.165, 1.54) is 18.2 Å². The molecule has 10 heteroatoms. The van der Waals surface area contributed by atoms with Crippen LogP contribution in [0.15, 0.2) is 34.7 Å². The molecule has 0 radical (unpaired) electrons. The number of hydrogen-bond donors (Lipinski definition) is 0. The summed E-state index contributed by atoms with van der Waals surface area (Å²) in [5.74, 6) is -0.501. The molecule has 2 aromatic carbocycles. The first kappa shape index (κ1) is 25.2. The van der Waals surface area contributed by atoms with E-state index in [1.807, 2.05) is 0 Å². The third-order valence-electron chi connectivity index (χ3n) is 4.81. The summed E-state index contributed by atoms with van der Waals surface area (Å²) in [6.45, 7) is 6.96. The van der Waals surface area contributed by atoms with Gasteiger partial charge in [-0.15, -0.1) is 0 Å². The fourth-order valence-corrected chi connectivity index (χ4v) is 4.81. The van der Waals surface area contributed by atoms with Gasteiger partial charge in [0.25, 0.3) is 0 Å². The van der Waals surface area contributed by atoms with Crippen LogP contribution < -0.4 is 0 Å². The maximum Gasteiger partial charge on any atom is 0.409 e. The van der Waals surface area contributed by atoms with Gasteiger partial charge in [0.05, 0.1) is 26.3 Å².